The third-order valence-corrected chi connectivity index (χ3v) is 4.83. The molecule has 0 fully saturated rings. The van der Waals surface area contributed by atoms with Crippen LogP contribution >= 0.6 is 0 Å². The molecular formula is C20H12N4. The predicted molar refractivity (Wildman–Crippen MR) is 97.4 cm³/mol. The highest BCUT2D eigenvalue weighted by Gasteiger charge is 2.13. The minimum atomic E-state index is 0.938. The lowest BCUT2D eigenvalue weighted by molar-refractivity contribution is 1.20. The molecule has 0 aliphatic rings. The van der Waals surface area contributed by atoms with E-state index in [0.29, 0.717) is 0 Å². The molecule has 0 amide bonds. The summed E-state index contributed by atoms with van der Waals surface area (Å²) in [4.78, 5) is 12.7. The molecule has 0 spiro atoms. The molecule has 112 valence electrons. The Hall–Kier alpha value is -3.40. The van der Waals surface area contributed by atoms with Crippen molar-refractivity contribution in [2.75, 3.05) is 0 Å². The lowest BCUT2D eigenvalue weighted by atomic mass is 10.0. The van der Waals surface area contributed by atoms with Gasteiger partial charge in [-0.1, -0.05) is 18.2 Å². The molecule has 0 saturated heterocycles. The van der Waals surface area contributed by atoms with Crippen molar-refractivity contribution in [3.8, 4) is 0 Å². The third kappa shape index (κ3) is 1.38. The number of hydrogen-bond donors (Lipinski definition) is 1. The molecule has 0 atom stereocenters. The summed E-state index contributed by atoms with van der Waals surface area (Å²) in [5.74, 6) is 0. The minimum absolute atomic E-state index is 0.938. The van der Waals surface area contributed by atoms with E-state index in [1.54, 1.807) is 0 Å². The smallest absolute Gasteiger partial charge is 0.146 e. The van der Waals surface area contributed by atoms with E-state index in [0.717, 1.165) is 33.1 Å². The van der Waals surface area contributed by atoms with Crippen molar-refractivity contribution in [1.29, 1.82) is 0 Å². The van der Waals surface area contributed by atoms with Gasteiger partial charge in [0.2, 0.25) is 0 Å². The molecule has 0 saturated carbocycles. The summed E-state index contributed by atoms with van der Waals surface area (Å²) < 4.78 is 2.07. The van der Waals surface area contributed by atoms with Crippen molar-refractivity contribution in [1.82, 2.24) is 19.4 Å². The first-order chi connectivity index (χ1) is 11.9. The summed E-state index contributed by atoms with van der Waals surface area (Å²) in [7, 11) is 0. The quantitative estimate of drug-likeness (QED) is 0.414. The van der Waals surface area contributed by atoms with Gasteiger partial charge in [0.25, 0.3) is 0 Å². The molecule has 4 nitrogen and oxygen atoms in total. The lowest BCUT2D eigenvalue weighted by Gasteiger charge is -2.07. The second kappa shape index (κ2) is 4.11. The van der Waals surface area contributed by atoms with E-state index in [1.165, 1.54) is 16.2 Å². The van der Waals surface area contributed by atoms with Gasteiger partial charge < -0.3 is 4.98 Å². The maximum Gasteiger partial charge on any atom is 0.146 e. The SMILES string of the molecule is c1ccc2c(c1)[nH]c1cc3c4cccnc4n4ccnc4c3cc12. The minimum Gasteiger partial charge on any atom is -0.354 e. The van der Waals surface area contributed by atoms with Crippen molar-refractivity contribution in [2.24, 2.45) is 0 Å². The van der Waals surface area contributed by atoms with E-state index >= 15 is 0 Å². The van der Waals surface area contributed by atoms with E-state index in [1.807, 2.05) is 24.7 Å². The largest absolute Gasteiger partial charge is 0.354 e. The van der Waals surface area contributed by atoms with E-state index in [9.17, 15) is 0 Å². The number of aromatic amines is 1. The molecule has 4 heterocycles. The average molecular weight is 308 g/mol. The summed E-state index contributed by atoms with van der Waals surface area (Å²) >= 11 is 0. The summed E-state index contributed by atoms with van der Waals surface area (Å²) in [5.41, 5.74) is 4.19. The number of pyridine rings is 2. The number of hydrogen-bond acceptors (Lipinski definition) is 2. The highest BCUT2D eigenvalue weighted by atomic mass is 15.0. The first-order valence-electron chi connectivity index (χ1n) is 7.94. The Morgan fingerprint density at radius 1 is 0.667 bits per heavy atom. The fraction of sp³-hybridized carbons (Fsp3) is 0. The Morgan fingerprint density at radius 3 is 2.50 bits per heavy atom. The third-order valence-electron chi connectivity index (χ3n) is 4.83. The van der Waals surface area contributed by atoms with Crippen molar-refractivity contribution in [2.45, 2.75) is 0 Å². The fourth-order valence-corrected chi connectivity index (χ4v) is 3.78. The molecule has 6 rings (SSSR count). The predicted octanol–water partition coefficient (Wildman–Crippen LogP) is 4.67. The highest BCUT2D eigenvalue weighted by molar-refractivity contribution is 6.19. The van der Waals surface area contributed by atoms with Gasteiger partial charge in [-0.25, -0.2) is 9.97 Å². The van der Waals surface area contributed by atoms with Crippen LogP contribution < -0.4 is 0 Å². The van der Waals surface area contributed by atoms with Crippen LogP contribution in [-0.4, -0.2) is 19.4 Å². The average Bonchev–Trinajstić information content (AvgIpc) is 3.25. The molecule has 0 radical (unpaired) electrons. The van der Waals surface area contributed by atoms with Crippen LogP contribution in [0.1, 0.15) is 0 Å². The van der Waals surface area contributed by atoms with Crippen molar-refractivity contribution < 1.29 is 0 Å². The van der Waals surface area contributed by atoms with Gasteiger partial charge in [-0.3, -0.25) is 4.40 Å². The molecule has 4 aromatic heterocycles. The fourth-order valence-electron chi connectivity index (χ4n) is 3.78. The summed E-state index contributed by atoms with van der Waals surface area (Å²) in [6.45, 7) is 0. The van der Waals surface area contributed by atoms with Crippen LogP contribution in [0.25, 0.3) is 49.3 Å². The molecule has 4 heteroatoms. The van der Waals surface area contributed by atoms with Gasteiger partial charge in [-0.15, -0.1) is 0 Å². The van der Waals surface area contributed by atoms with Crippen molar-refractivity contribution in [3.05, 3.63) is 67.1 Å². The van der Waals surface area contributed by atoms with Gasteiger partial charge in [0.15, 0.2) is 0 Å². The number of aromatic nitrogens is 4. The van der Waals surface area contributed by atoms with E-state index in [-0.39, 0.29) is 0 Å². The van der Waals surface area contributed by atoms with Crippen LogP contribution in [0, 0.1) is 0 Å². The van der Waals surface area contributed by atoms with Gasteiger partial charge in [-0.2, -0.15) is 0 Å². The Morgan fingerprint density at radius 2 is 1.50 bits per heavy atom. The molecule has 0 aliphatic carbocycles. The summed E-state index contributed by atoms with van der Waals surface area (Å²) in [5, 5.41) is 5.93. The lowest BCUT2D eigenvalue weighted by Crippen LogP contribution is -1.92. The van der Waals surface area contributed by atoms with Gasteiger partial charge >= 0.3 is 0 Å². The van der Waals surface area contributed by atoms with Gasteiger partial charge in [0.1, 0.15) is 11.3 Å². The van der Waals surface area contributed by atoms with Crippen LogP contribution in [0.5, 0.6) is 0 Å². The topological polar surface area (TPSA) is 46.0 Å². The number of nitrogens with one attached hydrogen (secondary N) is 1. The van der Waals surface area contributed by atoms with Crippen LogP contribution in [0.15, 0.2) is 67.1 Å². The number of imidazole rings is 1. The molecule has 2 aromatic carbocycles. The molecule has 1 N–H and O–H groups in total. The Labute approximate surface area is 136 Å². The number of H-pyrrole nitrogens is 1. The van der Waals surface area contributed by atoms with Gasteiger partial charge in [0, 0.05) is 51.2 Å². The maximum absolute atomic E-state index is 4.58. The standard InChI is InChI=1S/C20H12N4/c1-2-6-17-12(4-1)15-10-16-14(11-18(15)23-17)13-5-3-7-21-19(13)24-9-8-22-20(16)24/h1-11,23H. The zero-order chi connectivity index (χ0) is 15.7. The molecule has 0 unspecified atom stereocenters. The zero-order valence-corrected chi connectivity index (χ0v) is 12.7. The Kier molecular flexibility index (Phi) is 2.07. The van der Waals surface area contributed by atoms with Crippen LogP contribution in [0.2, 0.25) is 0 Å². The Bertz CT molecular complexity index is 1410. The Balaban J connectivity index is 1.97. The monoisotopic (exact) mass is 308 g/mol. The summed E-state index contributed by atoms with van der Waals surface area (Å²) in [6.07, 6.45) is 5.64. The second-order valence-electron chi connectivity index (χ2n) is 6.11. The first kappa shape index (κ1) is 12.1. The van der Waals surface area contributed by atoms with Gasteiger partial charge in [0.05, 0.1) is 0 Å². The number of rotatable bonds is 0. The number of fused-ring (bicyclic) bond motifs is 9. The van der Waals surface area contributed by atoms with Crippen molar-refractivity contribution >= 4 is 49.3 Å². The van der Waals surface area contributed by atoms with Gasteiger partial charge in [-0.05, 0) is 35.7 Å². The number of nitrogens with zero attached hydrogens (tertiary/aromatic N) is 3. The maximum atomic E-state index is 4.58. The van der Waals surface area contributed by atoms with E-state index in [2.05, 4.69) is 61.8 Å². The van der Waals surface area contributed by atoms with Crippen LogP contribution in [-0.2, 0) is 0 Å². The highest BCUT2D eigenvalue weighted by Crippen LogP contribution is 2.34. The normalized spacial score (nSPS) is 12.2. The first-order valence-corrected chi connectivity index (χ1v) is 7.94. The molecule has 0 bridgehead atoms. The van der Waals surface area contributed by atoms with E-state index in [4.69, 9.17) is 0 Å². The van der Waals surface area contributed by atoms with E-state index < -0.39 is 0 Å². The number of para-hydroxylation sites is 1. The molecule has 24 heavy (non-hydrogen) atoms. The molecule has 6 aromatic rings. The molecular weight excluding hydrogens is 296 g/mol. The number of benzene rings is 2. The van der Waals surface area contributed by atoms with Crippen LogP contribution in [0.3, 0.4) is 0 Å². The van der Waals surface area contributed by atoms with Crippen molar-refractivity contribution in [3.63, 3.8) is 0 Å². The van der Waals surface area contributed by atoms with Crippen LogP contribution in [0.4, 0.5) is 0 Å². The molecule has 0 aliphatic heterocycles. The second-order valence-corrected chi connectivity index (χ2v) is 6.11. The summed E-state index contributed by atoms with van der Waals surface area (Å²) in [6, 6.07) is 17.0. The zero-order valence-electron chi connectivity index (χ0n) is 12.7.